The van der Waals surface area contributed by atoms with Crippen molar-refractivity contribution in [1.82, 2.24) is 10.6 Å². The van der Waals surface area contributed by atoms with Gasteiger partial charge in [-0.15, -0.1) is 0 Å². The average Bonchev–Trinajstić information content (AvgIpc) is 3.14. The smallest absolute Gasteiger partial charge is 0.191 e. The van der Waals surface area contributed by atoms with Gasteiger partial charge in [-0.2, -0.15) is 0 Å². The molecule has 27 heavy (non-hydrogen) atoms. The molecule has 0 atom stereocenters. The molecule has 1 aromatic rings. The minimum absolute atomic E-state index is 0.159. The Labute approximate surface area is 162 Å². The number of hydrogen-bond acceptors (Lipinski definition) is 5. The van der Waals surface area contributed by atoms with Gasteiger partial charge in [0.05, 0.1) is 19.0 Å². The van der Waals surface area contributed by atoms with Gasteiger partial charge in [-0.05, 0) is 38.2 Å². The SMILES string of the molecule is CN=C(NCCCS(C)(=O)=O)NCc1cccc(OC)c1OC1CCCC1. The maximum absolute atomic E-state index is 11.2. The number of guanidine groups is 1. The molecule has 0 heterocycles. The van der Waals surface area contributed by atoms with Crippen molar-refractivity contribution >= 4 is 15.8 Å². The highest BCUT2D eigenvalue weighted by atomic mass is 32.2. The van der Waals surface area contributed by atoms with E-state index in [0.29, 0.717) is 25.5 Å². The van der Waals surface area contributed by atoms with Crippen LogP contribution in [0.5, 0.6) is 11.5 Å². The summed E-state index contributed by atoms with van der Waals surface area (Å²) in [5, 5.41) is 6.39. The van der Waals surface area contributed by atoms with Crippen LogP contribution in [0.3, 0.4) is 0 Å². The van der Waals surface area contributed by atoms with Crippen molar-refractivity contribution in [2.45, 2.75) is 44.8 Å². The number of rotatable bonds is 9. The van der Waals surface area contributed by atoms with Gasteiger partial charge in [0.15, 0.2) is 17.5 Å². The van der Waals surface area contributed by atoms with Gasteiger partial charge in [0, 0.05) is 32.0 Å². The Morgan fingerprint density at radius 3 is 2.63 bits per heavy atom. The molecular weight excluding hydrogens is 366 g/mol. The lowest BCUT2D eigenvalue weighted by Gasteiger charge is -2.20. The van der Waals surface area contributed by atoms with E-state index < -0.39 is 9.84 Å². The standard InChI is InChI=1S/C19H31N3O4S/c1-20-19(21-12-7-13-27(3,23)24)22-14-15-8-6-11-17(25-2)18(15)26-16-9-4-5-10-16/h6,8,11,16H,4-5,7,9-10,12-14H2,1-3H3,(H2,20,21,22). The predicted octanol–water partition coefficient (Wildman–Crippen LogP) is 2.12. The van der Waals surface area contributed by atoms with Crippen LogP contribution in [0.4, 0.5) is 0 Å². The summed E-state index contributed by atoms with van der Waals surface area (Å²) >= 11 is 0. The molecule has 1 saturated carbocycles. The highest BCUT2D eigenvalue weighted by Gasteiger charge is 2.20. The van der Waals surface area contributed by atoms with E-state index in [2.05, 4.69) is 15.6 Å². The molecule has 8 heteroatoms. The Morgan fingerprint density at radius 1 is 1.26 bits per heavy atom. The summed E-state index contributed by atoms with van der Waals surface area (Å²) in [5.74, 6) is 2.30. The first-order valence-electron chi connectivity index (χ1n) is 9.37. The first-order valence-corrected chi connectivity index (χ1v) is 11.4. The van der Waals surface area contributed by atoms with Crippen LogP contribution in [0.15, 0.2) is 23.2 Å². The van der Waals surface area contributed by atoms with Crippen molar-refractivity contribution in [2.75, 3.05) is 32.7 Å². The minimum Gasteiger partial charge on any atom is -0.493 e. The van der Waals surface area contributed by atoms with Crippen LogP contribution in [-0.2, 0) is 16.4 Å². The minimum atomic E-state index is -2.94. The van der Waals surface area contributed by atoms with Crippen molar-refractivity contribution in [2.24, 2.45) is 4.99 Å². The van der Waals surface area contributed by atoms with Crippen LogP contribution >= 0.6 is 0 Å². The van der Waals surface area contributed by atoms with Crippen LogP contribution < -0.4 is 20.1 Å². The van der Waals surface area contributed by atoms with E-state index in [1.807, 2.05) is 18.2 Å². The molecule has 0 aromatic heterocycles. The van der Waals surface area contributed by atoms with Crippen LogP contribution in [0, 0.1) is 0 Å². The molecular formula is C19H31N3O4S. The second kappa shape index (κ2) is 10.4. The molecule has 1 aliphatic rings. The van der Waals surface area contributed by atoms with Gasteiger partial charge in [0.2, 0.25) is 0 Å². The number of aliphatic imine (C=N–C) groups is 1. The lowest BCUT2D eigenvalue weighted by molar-refractivity contribution is 0.198. The zero-order chi connectivity index (χ0) is 19.7. The normalized spacial score (nSPS) is 15.6. The second-order valence-corrected chi connectivity index (χ2v) is 9.07. The van der Waals surface area contributed by atoms with Crippen LogP contribution in [0.2, 0.25) is 0 Å². The molecule has 1 aromatic carbocycles. The van der Waals surface area contributed by atoms with Gasteiger partial charge in [-0.25, -0.2) is 8.42 Å². The molecule has 0 aliphatic heterocycles. The number of nitrogens with one attached hydrogen (secondary N) is 2. The molecule has 0 amide bonds. The number of sulfone groups is 1. The molecule has 1 fully saturated rings. The Morgan fingerprint density at radius 2 is 2.00 bits per heavy atom. The van der Waals surface area contributed by atoms with E-state index in [0.717, 1.165) is 29.9 Å². The molecule has 0 unspecified atom stereocenters. The van der Waals surface area contributed by atoms with E-state index >= 15 is 0 Å². The van der Waals surface area contributed by atoms with E-state index in [1.165, 1.54) is 19.1 Å². The quantitative estimate of drug-likeness (QED) is 0.377. The number of nitrogens with zero attached hydrogens (tertiary/aromatic N) is 1. The van der Waals surface area contributed by atoms with E-state index in [-0.39, 0.29) is 11.9 Å². The summed E-state index contributed by atoms with van der Waals surface area (Å²) in [6, 6.07) is 5.86. The fraction of sp³-hybridized carbons (Fsp3) is 0.632. The van der Waals surface area contributed by atoms with Crippen molar-refractivity contribution < 1.29 is 17.9 Å². The average molecular weight is 398 g/mol. The van der Waals surface area contributed by atoms with E-state index in [4.69, 9.17) is 9.47 Å². The highest BCUT2D eigenvalue weighted by Crippen LogP contribution is 2.34. The number of para-hydroxylation sites is 1. The topological polar surface area (TPSA) is 89.0 Å². The lowest BCUT2D eigenvalue weighted by atomic mass is 10.1. The fourth-order valence-electron chi connectivity index (χ4n) is 3.11. The number of methoxy groups -OCH3 is 1. The molecule has 0 spiro atoms. The third kappa shape index (κ3) is 7.28. The second-order valence-electron chi connectivity index (χ2n) is 6.81. The van der Waals surface area contributed by atoms with E-state index in [1.54, 1.807) is 14.2 Å². The van der Waals surface area contributed by atoms with Gasteiger partial charge in [0.25, 0.3) is 0 Å². The number of ether oxygens (including phenoxy) is 2. The molecule has 1 aliphatic carbocycles. The Balaban J connectivity index is 1.94. The number of hydrogen-bond donors (Lipinski definition) is 2. The summed E-state index contributed by atoms with van der Waals surface area (Å²) < 4.78 is 34.1. The molecule has 2 N–H and O–H groups in total. The molecule has 0 saturated heterocycles. The van der Waals surface area contributed by atoms with Gasteiger partial charge in [0.1, 0.15) is 9.84 Å². The first-order chi connectivity index (χ1) is 12.9. The Hall–Kier alpha value is -1.96. The first kappa shape index (κ1) is 21.3. The van der Waals surface area contributed by atoms with Crippen LogP contribution in [0.1, 0.15) is 37.7 Å². The van der Waals surface area contributed by atoms with Gasteiger partial charge in [-0.3, -0.25) is 4.99 Å². The number of benzene rings is 1. The maximum Gasteiger partial charge on any atom is 0.191 e. The van der Waals surface area contributed by atoms with Crippen molar-refractivity contribution in [3.63, 3.8) is 0 Å². The van der Waals surface area contributed by atoms with Crippen molar-refractivity contribution in [3.8, 4) is 11.5 Å². The zero-order valence-corrected chi connectivity index (χ0v) is 17.3. The molecule has 152 valence electrons. The zero-order valence-electron chi connectivity index (χ0n) is 16.5. The summed E-state index contributed by atoms with van der Waals surface area (Å²) in [7, 11) is 0.397. The molecule has 7 nitrogen and oxygen atoms in total. The molecule has 2 rings (SSSR count). The third-order valence-electron chi connectivity index (χ3n) is 4.52. The summed E-state index contributed by atoms with van der Waals surface area (Å²) in [5.41, 5.74) is 1.00. The summed E-state index contributed by atoms with van der Waals surface area (Å²) in [6.45, 7) is 1.07. The predicted molar refractivity (Wildman–Crippen MR) is 108 cm³/mol. The lowest BCUT2D eigenvalue weighted by Crippen LogP contribution is -2.37. The third-order valence-corrected chi connectivity index (χ3v) is 5.55. The fourth-order valence-corrected chi connectivity index (χ4v) is 3.78. The van der Waals surface area contributed by atoms with Gasteiger partial charge in [-0.1, -0.05) is 12.1 Å². The van der Waals surface area contributed by atoms with Crippen molar-refractivity contribution in [1.29, 1.82) is 0 Å². The van der Waals surface area contributed by atoms with Crippen LogP contribution in [0.25, 0.3) is 0 Å². The summed E-state index contributed by atoms with van der Waals surface area (Å²) in [4.78, 5) is 4.19. The van der Waals surface area contributed by atoms with E-state index in [9.17, 15) is 8.42 Å². The Bertz CT molecular complexity index is 728. The van der Waals surface area contributed by atoms with Crippen LogP contribution in [-0.4, -0.2) is 53.2 Å². The molecule has 0 bridgehead atoms. The Kier molecular flexibility index (Phi) is 8.22. The van der Waals surface area contributed by atoms with Gasteiger partial charge < -0.3 is 20.1 Å². The molecule has 0 radical (unpaired) electrons. The van der Waals surface area contributed by atoms with Gasteiger partial charge >= 0.3 is 0 Å². The monoisotopic (exact) mass is 397 g/mol. The van der Waals surface area contributed by atoms with Crippen molar-refractivity contribution in [3.05, 3.63) is 23.8 Å². The summed E-state index contributed by atoms with van der Waals surface area (Å²) in [6.07, 6.45) is 6.59. The maximum atomic E-state index is 11.2. The highest BCUT2D eigenvalue weighted by molar-refractivity contribution is 7.90. The largest absolute Gasteiger partial charge is 0.493 e.